The van der Waals surface area contributed by atoms with Gasteiger partial charge < -0.3 is 15.4 Å². The summed E-state index contributed by atoms with van der Waals surface area (Å²) in [6, 6.07) is 10.9. The highest BCUT2D eigenvalue weighted by atomic mass is 16.5. The number of aromatic nitrogens is 1. The van der Waals surface area contributed by atoms with E-state index in [9.17, 15) is 4.79 Å². The van der Waals surface area contributed by atoms with Gasteiger partial charge in [-0.15, -0.1) is 0 Å². The van der Waals surface area contributed by atoms with Crippen molar-refractivity contribution < 1.29 is 9.53 Å². The molecule has 3 rings (SSSR count). The van der Waals surface area contributed by atoms with Gasteiger partial charge in [0.05, 0.1) is 12.2 Å². The monoisotopic (exact) mass is 283 g/mol. The van der Waals surface area contributed by atoms with E-state index < -0.39 is 0 Å². The van der Waals surface area contributed by atoms with Crippen molar-refractivity contribution in [2.75, 3.05) is 11.9 Å². The SMILES string of the molecule is O=C(Nc1ccc(Oc2cccnc2)cc1)[C@H]1CCCN1. The number of nitrogens with zero attached hydrogens (tertiary/aromatic N) is 1. The molecule has 0 spiro atoms. The smallest absolute Gasteiger partial charge is 0.241 e. The molecule has 1 aromatic carbocycles. The molecule has 1 atom stereocenters. The minimum absolute atomic E-state index is 0.0217. The van der Waals surface area contributed by atoms with Crippen molar-refractivity contribution >= 4 is 11.6 Å². The van der Waals surface area contributed by atoms with Gasteiger partial charge in [0.15, 0.2) is 0 Å². The molecular weight excluding hydrogens is 266 g/mol. The number of hydrogen-bond acceptors (Lipinski definition) is 4. The van der Waals surface area contributed by atoms with Gasteiger partial charge in [0, 0.05) is 11.9 Å². The molecule has 0 bridgehead atoms. The van der Waals surface area contributed by atoms with E-state index in [1.54, 1.807) is 12.4 Å². The van der Waals surface area contributed by atoms with E-state index in [2.05, 4.69) is 15.6 Å². The van der Waals surface area contributed by atoms with Gasteiger partial charge in [-0.05, 0) is 55.8 Å². The average Bonchev–Trinajstić information content (AvgIpc) is 3.05. The van der Waals surface area contributed by atoms with Crippen molar-refractivity contribution in [1.82, 2.24) is 10.3 Å². The quantitative estimate of drug-likeness (QED) is 0.905. The van der Waals surface area contributed by atoms with E-state index in [1.807, 2.05) is 36.4 Å². The molecule has 5 heteroatoms. The summed E-state index contributed by atoms with van der Waals surface area (Å²) in [7, 11) is 0. The Morgan fingerprint density at radius 3 is 2.76 bits per heavy atom. The van der Waals surface area contributed by atoms with E-state index in [0.717, 1.165) is 25.1 Å². The van der Waals surface area contributed by atoms with Gasteiger partial charge in [-0.25, -0.2) is 0 Å². The maximum atomic E-state index is 12.0. The Balaban J connectivity index is 1.60. The molecular formula is C16H17N3O2. The van der Waals surface area contributed by atoms with E-state index in [0.29, 0.717) is 11.5 Å². The first-order chi connectivity index (χ1) is 10.3. The van der Waals surface area contributed by atoms with Crippen LogP contribution in [-0.2, 0) is 4.79 Å². The lowest BCUT2D eigenvalue weighted by atomic mass is 10.2. The Morgan fingerprint density at radius 2 is 2.10 bits per heavy atom. The van der Waals surface area contributed by atoms with Crippen LogP contribution in [0.1, 0.15) is 12.8 Å². The summed E-state index contributed by atoms with van der Waals surface area (Å²) in [6.07, 6.45) is 5.30. The van der Waals surface area contributed by atoms with Crippen LogP contribution in [0.15, 0.2) is 48.8 Å². The number of pyridine rings is 1. The average molecular weight is 283 g/mol. The molecule has 2 aromatic rings. The van der Waals surface area contributed by atoms with E-state index in [4.69, 9.17) is 4.74 Å². The standard InChI is InChI=1S/C16H17N3O2/c20-16(15-4-2-10-18-15)19-12-5-7-13(8-6-12)21-14-3-1-9-17-11-14/h1,3,5-9,11,15,18H,2,4,10H2,(H,19,20)/t15-/m1/s1. The summed E-state index contributed by atoms with van der Waals surface area (Å²) in [5.41, 5.74) is 0.771. The summed E-state index contributed by atoms with van der Waals surface area (Å²) >= 11 is 0. The molecule has 5 nitrogen and oxygen atoms in total. The number of anilines is 1. The van der Waals surface area contributed by atoms with Crippen molar-refractivity contribution in [1.29, 1.82) is 0 Å². The van der Waals surface area contributed by atoms with Crippen LogP contribution in [0, 0.1) is 0 Å². The molecule has 0 aliphatic carbocycles. The number of ether oxygens (including phenoxy) is 1. The predicted octanol–water partition coefficient (Wildman–Crippen LogP) is 2.56. The summed E-state index contributed by atoms with van der Waals surface area (Å²) < 4.78 is 5.65. The zero-order valence-corrected chi connectivity index (χ0v) is 11.6. The molecule has 2 heterocycles. The van der Waals surface area contributed by atoms with E-state index in [-0.39, 0.29) is 11.9 Å². The molecule has 1 aliphatic heterocycles. The lowest BCUT2D eigenvalue weighted by Crippen LogP contribution is -2.35. The molecule has 2 N–H and O–H groups in total. The van der Waals surface area contributed by atoms with Gasteiger partial charge in [0.1, 0.15) is 11.5 Å². The van der Waals surface area contributed by atoms with Crippen LogP contribution >= 0.6 is 0 Å². The molecule has 0 saturated carbocycles. The van der Waals surface area contributed by atoms with Gasteiger partial charge >= 0.3 is 0 Å². The summed E-state index contributed by atoms with van der Waals surface area (Å²) in [4.78, 5) is 16.0. The second-order valence-electron chi connectivity index (χ2n) is 4.95. The maximum Gasteiger partial charge on any atom is 0.241 e. The highest BCUT2D eigenvalue weighted by Gasteiger charge is 2.21. The zero-order chi connectivity index (χ0) is 14.5. The third-order valence-electron chi connectivity index (χ3n) is 3.37. The topological polar surface area (TPSA) is 63.2 Å². The van der Waals surface area contributed by atoms with Gasteiger partial charge in [-0.2, -0.15) is 0 Å². The first-order valence-electron chi connectivity index (χ1n) is 7.03. The third kappa shape index (κ3) is 3.58. The number of hydrogen-bond donors (Lipinski definition) is 2. The molecule has 0 radical (unpaired) electrons. The first-order valence-corrected chi connectivity index (χ1v) is 7.03. The number of carbonyl (C=O) groups excluding carboxylic acids is 1. The van der Waals surface area contributed by atoms with Gasteiger partial charge in [-0.1, -0.05) is 0 Å². The molecule has 1 aliphatic rings. The number of nitrogens with one attached hydrogen (secondary N) is 2. The Labute approximate surface area is 123 Å². The summed E-state index contributed by atoms with van der Waals surface area (Å²) in [6.45, 7) is 0.913. The highest BCUT2D eigenvalue weighted by molar-refractivity contribution is 5.95. The van der Waals surface area contributed by atoms with Crippen molar-refractivity contribution in [3.05, 3.63) is 48.8 Å². The largest absolute Gasteiger partial charge is 0.456 e. The first kappa shape index (κ1) is 13.6. The van der Waals surface area contributed by atoms with Crippen LogP contribution in [-0.4, -0.2) is 23.5 Å². The third-order valence-corrected chi connectivity index (χ3v) is 3.37. The van der Waals surface area contributed by atoms with Crippen LogP contribution in [0.5, 0.6) is 11.5 Å². The number of rotatable bonds is 4. The number of carbonyl (C=O) groups is 1. The molecule has 1 saturated heterocycles. The summed E-state index contributed by atoms with van der Waals surface area (Å²) in [5, 5.41) is 6.08. The molecule has 0 unspecified atom stereocenters. The lowest BCUT2D eigenvalue weighted by Gasteiger charge is -2.11. The Hall–Kier alpha value is -2.40. The van der Waals surface area contributed by atoms with Crippen LogP contribution < -0.4 is 15.4 Å². The van der Waals surface area contributed by atoms with Crippen molar-refractivity contribution in [2.24, 2.45) is 0 Å². The van der Waals surface area contributed by atoms with Gasteiger partial charge in [0.25, 0.3) is 0 Å². The lowest BCUT2D eigenvalue weighted by molar-refractivity contribution is -0.117. The molecule has 1 amide bonds. The van der Waals surface area contributed by atoms with Gasteiger partial charge in [-0.3, -0.25) is 9.78 Å². The van der Waals surface area contributed by atoms with Crippen LogP contribution in [0.25, 0.3) is 0 Å². The Bertz CT molecular complexity index is 593. The van der Waals surface area contributed by atoms with Crippen molar-refractivity contribution in [3.63, 3.8) is 0 Å². The second kappa shape index (κ2) is 6.37. The van der Waals surface area contributed by atoms with Gasteiger partial charge in [0.2, 0.25) is 5.91 Å². The van der Waals surface area contributed by atoms with Crippen LogP contribution in [0.3, 0.4) is 0 Å². The fourth-order valence-electron chi connectivity index (χ4n) is 2.29. The molecule has 108 valence electrons. The fraction of sp³-hybridized carbons (Fsp3) is 0.250. The van der Waals surface area contributed by atoms with Crippen molar-refractivity contribution in [3.8, 4) is 11.5 Å². The molecule has 1 fully saturated rings. The molecule has 1 aromatic heterocycles. The van der Waals surface area contributed by atoms with Crippen LogP contribution in [0.4, 0.5) is 5.69 Å². The van der Waals surface area contributed by atoms with E-state index >= 15 is 0 Å². The maximum absolute atomic E-state index is 12.0. The Kier molecular flexibility index (Phi) is 4.12. The second-order valence-corrected chi connectivity index (χ2v) is 4.95. The number of benzene rings is 1. The molecule has 21 heavy (non-hydrogen) atoms. The summed E-state index contributed by atoms with van der Waals surface area (Å²) in [5.74, 6) is 1.41. The van der Waals surface area contributed by atoms with Crippen molar-refractivity contribution in [2.45, 2.75) is 18.9 Å². The normalized spacial score (nSPS) is 17.4. The van der Waals surface area contributed by atoms with E-state index in [1.165, 1.54) is 0 Å². The Morgan fingerprint density at radius 1 is 1.24 bits per heavy atom. The van der Waals surface area contributed by atoms with Crippen LogP contribution in [0.2, 0.25) is 0 Å². The fourth-order valence-corrected chi connectivity index (χ4v) is 2.29. The number of amides is 1. The minimum Gasteiger partial charge on any atom is -0.456 e. The zero-order valence-electron chi connectivity index (χ0n) is 11.6. The minimum atomic E-state index is -0.0729. The predicted molar refractivity (Wildman–Crippen MR) is 80.4 cm³/mol. The highest BCUT2D eigenvalue weighted by Crippen LogP contribution is 2.22.